The molecule has 18 saturated carbocycles. The average Bonchev–Trinajstić information content (AvgIpc) is 1.55. The molecule has 18 aliphatic carbocycles. The standard InChI is InChI=1S/C30H48O4.C26H44O3.C25H40O2.C24H40O3/c1-5-19-17-20(6-2)24-22-18-21(23(19)24)25(27(31)33-29(7-3)13-9-10-14-29)26(22)28(32)34-30(8-4)15-11-12-16-30;1-6-17-12-18(7-2)24-20-13-19(23(17)24)14-21(20)25(5,28)15-22(27)29-26(16(3)4)10-8-9-11-26;1-4-16-10-17(5-2)24-21-12-19(23(16)24)11-18(21)13-22(26)27-25(6-3)14-15-7-8-20(25)9-15;1-4-15-11-16(5-2)23-19-13-17(22(15)23)12-18(19)20(25)14-21(26)27-24(6-3)9-7-8-10-24/h19-26H,5-18H2,1-4H3;16-21,23-24,28H,6-15H2,1-5H3;15-21,23-24H,4-14H2,1-3H3;15-20,22-23,25H,4-14H2,1-3H3. The lowest BCUT2D eigenvalue weighted by atomic mass is 9.65. The minimum atomic E-state index is -0.930. The molecule has 18 fully saturated rings. The lowest BCUT2D eigenvalue weighted by Crippen LogP contribution is -2.48. The van der Waals surface area contributed by atoms with E-state index in [1.165, 1.54) is 122 Å². The Morgan fingerprint density at radius 3 is 1.21 bits per heavy atom. The van der Waals surface area contributed by atoms with E-state index < -0.39 is 11.7 Å². The SMILES string of the molecule is CCC1CC(CC)C2C3CC(C(C(=O)OC4(CC)CCCC4)C3C(=O)OC3(CC)CCCC3)C12.CCC1CC(CC)C2C3CC(CC3C(C)(O)CC(=O)OC3(C(C)C)CCCC3)C12.CCC1CC(CC)C2C3CC(CC3C(O)CC(=O)OC3(CC)CCCC3)C12.CCC1CC(CC)C2C3CC(CC3CC(=O)OC3(CC)CC4CCC3C4)C12. The smallest absolute Gasteiger partial charge is 0.310 e. The molecule has 12 heteroatoms. The Hall–Kier alpha value is -2.73. The van der Waals surface area contributed by atoms with Gasteiger partial charge in [-0.25, -0.2) is 0 Å². The number of fused-ring (bicyclic) bond motifs is 22. The van der Waals surface area contributed by atoms with E-state index >= 15 is 0 Å². The van der Waals surface area contributed by atoms with Crippen molar-refractivity contribution >= 4 is 29.8 Å². The second kappa shape index (κ2) is 36.3. The molecule has 0 aromatic rings. The molecule has 34 unspecified atom stereocenters. The van der Waals surface area contributed by atoms with Gasteiger partial charge in [0, 0.05) is 6.42 Å². The maximum absolute atomic E-state index is 14.0. The molecule has 0 radical (unpaired) electrons. The molecule has 0 amide bonds. The highest BCUT2D eigenvalue weighted by Gasteiger charge is 2.70. The van der Waals surface area contributed by atoms with Crippen molar-refractivity contribution in [2.24, 2.45) is 189 Å². The van der Waals surface area contributed by atoms with Crippen molar-refractivity contribution < 1.29 is 57.9 Å². The predicted molar refractivity (Wildman–Crippen MR) is 464 cm³/mol. The van der Waals surface area contributed by atoms with Crippen molar-refractivity contribution in [2.45, 2.75) is 439 Å². The quantitative estimate of drug-likeness (QED) is 0.0562. The number of carbonyl (C=O) groups is 5. The molecule has 34 atom stereocenters. The summed E-state index contributed by atoms with van der Waals surface area (Å²) in [6, 6.07) is 0. The second-order valence-electron chi connectivity index (χ2n) is 45.7. The van der Waals surface area contributed by atoms with E-state index in [0.29, 0.717) is 71.0 Å². The van der Waals surface area contributed by atoms with Gasteiger partial charge in [-0.3, -0.25) is 24.0 Å². The zero-order valence-electron chi connectivity index (χ0n) is 77.1. The minimum absolute atomic E-state index is 0.0663. The van der Waals surface area contributed by atoms with Gasteiger partial charge in [0.25, 0.3) is 0 Å². The van der Waals surface area contributed by atoms with Crippen molar-refractivity contribution in [3.05, 3.63) is 0 Å². The summed E-state index contributed by atoms with van der Waals surface area (Å²) in [5.74, 6) is 20.6. The van der Waals surface area contributed by atoms with Gasteiger partial charge >= 0.3 is 29.8 Å². The van der Waals surface area contributed by atoms with Crippen LogP contribution in [-0.2, 0) is 47.7 Å². The van der Waals surface area contributed by atoms with Gasteiger partial charge in [-0.2, -0.15) is 0 Å². The Morgan fingerprint density at radius 2 is 0.786 bits per heavy atom. The highest BCUT2D eigenvalue weighted by atomic mass is 16.6. The average molecular weight is 1630 g/mol. The fourth-order valence-corrected chi connectivity index (χ4v) is 35.6. The molecule has 12 nitrogen and oxygen atoms in total. The van der Waals surface area contributed by atoms with Gasteiger partial charge in [0.15, 0.2) is 0 Å². The van der Waals surface area contributed by atoms with E-state index in [-0.39, 0.29) is 88.4 Å². The molecule has 0 aliphatic heterocycles. The summed E-state index contributed by atoms with van der Waals surface area (Å²) >= 11 is 0. The van der Waals surface area contributed by atoms with Crippen LogP contribution in [0.5, 0.6) is 0 Å². The zero-order valence-corrected chi connectivity index (χ0v) is 77.1. The normalized spacial score (nSPS) is 44.6. The topological polar surface area (TPSA) is 172 Å². The van der Waals surface area contributed by atoms with Crippen molar-refractivity contribution in [3.63, 3.8) is 0 Å². The third-order valence-electron chi connectivity index (χ3n) is 41.1. The maximum Gasteiger partial charge on any atom is 0.310 e. The minimum Gasteiger partial charge on any atom is -0.459 e. The summed E-state index contributed by atoms with van der Waals surface area (Å²) in [4.78, 5) is 66.5. The fraction of sp³-hybridized carbons (Fsp3) is 0.952. The van der Waals surface area contributed by atoms with Crippen LogP contribution in [0.2, 0.25) is 0 Å². The zero-order chi connectivity index (χ0) is 83.0. The van der Waals surface area contributed by atoms with E-state index in [1.807, 2.05) is 6.92 Å². The summed E-state index contributed by atoms with van der Waals surface area (Å²) in [5, 5.41) is 22.5. The van der Waals surface area contributed by atoms with Gasteiger partial charge in [0.2, 0.25) is 0 Å². The summed E-state index contributed by atoms with van der Waals surface area (Å²) in [6.07, 6.45) is 50.9. The number of ether oxygens (including phenoxy) is 5. The van der Waals surface area contributed by atoms with Crippen LogP contribution in [-0.4, -0.2) is 79.8 Å². The molecule has 18 rings (SSSR count). The second-order valence-corrected chi connectivity index (χ2v) is 45.7. The van der Waals surface area contributed by atoms with E-state index in [4.69, 9.17) is 23.7 Å². The number of esters is 5. The summed E-state index contributed by atoms with van der Waals surface area (Å²) in [6.45, 7) is 33.8. The third kappa shape index (κ3) is 16.5. The Labute approximate surface area is 712 Å². The van der Waals surface area contributed by atoms with E-state index in [0.717, 1.165) is 261 Å². The van der Waals surface area contributed by atoms with Gasteiger partial charge in [-0.1, -0.05) is 148 Å². The molecular formula is C105H172O12. The van der Waals surface area contributed by atoms with E-state index in [9.17, 15) is 34.2 Å². The first kappa shape index (κ1) is 89.1. The molecule has 2 N–H and O–H groups in total. The van der Waals surface area contributed by atoms with Gasteiger partial charge in [0.1, 0.15) is 28.0 Å². The Morgan fingerprint density at radius 1 is 0.385 bits per heavy atom. The van der Waals surface area contributed by atoms with Crippen LogP contribution >= 0.6 is 0 Å². The van der Waals surface area contributed by atoms with Crippen molar-refractivity contribution in [2.75, 3.05) is 0 Å². The molecule has 664 valence electrons. The van der Waals surface area contributed by atoms with Crippen LogP contribution in [0.15, 0.2) is 0 Å². The van der Waals surface area contributed by atoms with Crippen LogP contribution in [0.1, 0.15) is 399 Å². The predicted octanol–water partition coefficient (Wildman–Crippen LogP) is 24.7. The fourth-order valence-electron chi connectivity index (χ4n) is 35.6. The summed E-state index contributed by atoms with van der Waals surface area (Å²) < 4.78 is 31.2. The van der Waals surface area contributed by atoms with E-state index in [1.54, 1.807) is 0 Å². The highest BCUT2D eigenvalue weighted by Crippen LogP contribution is 2.72. The molecule has 10 bridgehead atoms. The van der Waals surface area contributed by atoms with Gasteiger partial charge < -0.3 is 33.9 Å². The molecule has 117 heavy (non-hydrogen) atoms. The molecule has 0 aromatic carbocycles. The van der Waals surface area contributed by atoms with Crippen molar-refractivity contribution in [1.29, 1.82) is 0 Å². The first-order valence-corrected chi connectivity index (χ1v) is 51.7. The first-order valence-electron chi connectivity index (χ1n) is 51.7. The van der Waals surface area contributed by atoms with Gasteiger partial charge in [0.05, 0.1) is 36.4 Å². The molecule has 18 aliphatic rings. The Kier molecular flexibility index (Phi) is 27.7. The Bertz CT molecular complexity index is 3290. The van der Waals surface area contributed by atoms with E-state index in [2.05, 4.69) is 96.9 Å². The number of aliphatic hydroxyl groups excluding tert-OH is 1. The van der Waals surface area contributed by atoms with Crippen LogP contribution in [0.25, 0.3) is 0 Å². The summed E-state index contributed by atoms with van der Waals surface area (Å²) in [5.41, 5.74) is -2.14. The molecular weight excluding hydrogens is 1450 g/mol. The lowest BCUT2D eigenvalue weighted by molar-refractivity contribution is -0.183. The first-order chi connectivity index (χ1) is 56.2. The number of carbonyl (C=O) groups excluding carboxylic acids is 5. The van der Waals surface area contributed by atoms with Crippen LogP contribution < -0.4 is 0 Å². The van der Waals surface area contributed by atoms with Crippen LogP contribution in [0, 0.1) is 189 Å². The Balaban J connectivity index is 0.000000123. The largest absolute Gasteiger partial charge is 0.459 e. The van der Waals surface area contributed by atoms with Crippen molar-refractivity contribution in [1.82, 2.24) is 0 Å². The van der Waals surface area contributed by atoms with Gasteiger partial charge in [-0.05, 0) is 409 Å². The molecule has 0 spiro atoms. The summed E-state index contributed by atoms with van der Waals surface area (Å²) in [7, 11) is 0. The van der Waals surface area contributed by atoms with Gasteiger partial charge in [-0.15, -0.1) is 0 Å². The number of hydrogen-bond acceptors (Lipinski definition) is 12. The van der Waals surface area contributed by atoms with Crippen LogP contribution in [0.4, 0.5) is 0 Å². The molecule has 0 saturated heterocycles. The monoisotopic (exact) mass is 1630 g/mol. The van der Waals surface area contributed by atoms with Crippen LogP contribution in [0.3, 0.4) is 0 Å². The molecule has 0 aromatic heterocycles. The third-order valence-corrected chi connectivity index (χ3v) is 41.1. The molecule has 0 heterocycles. The lowest BCUT2D eigenvalue weighted by Gasteiger charge is -2.42. The number of aliphatic hydroxyl groups is 2. The van der Waals surface area contributed by atoms with Crippen molar-refractivity contribution in [3.8, 4) is 0 Å². The maximum atomic E-state index is 14.0. The number of hydrogen-bond donors (Lipinski definition) is 2. The number of rotatable bonds is 28. The highest BCUT2D eigenvalue weighted by molar-refractivity contribution is 5.84.